The summed E-state index contributed by atoms with van der Waals surface area (Å²) in [5.74, 6) is 1.43. The van der Waals surface area contributed by atoms with Crippen LogP contribution >= 0.6 is 11.3 Å². The third-order valence-corrected chi connectivity index (χ3v) is 7.81. The number of fused-ring (bicyclic) bond motifs is 1. The molecule has 0 spiro atoms. The van der Waals surface area contributed by atoms with E-state index in [0.717, 1.165) is 5.56 Å². The van der Waals surface area contributed by atoms with Crippen LogP contribution in [-0.2, 0) is 21.2 Å². The van der Waals surface area contributed by atoms with Gasteiger partial charge in [-0.2, -0.15) is 0 Å². The summed E-state index contributed by atoms with van der Waals surface area (Å²) < 4.78 is 38.8. The van der Waals surface area contributed by atoms with Crippen LogP contribution in [0.5, 0.6) is 11.5 Å². The monoisotopic (exact) mass is 422 g/mol. The molecule has 2 aromatic rings. The molecule has 7 nitrogen and oxygen atoms in total. The molecule has 0 bridgehead atoms. The minimum atomic E-state index is -3.47. The van der Waals surface area contributed by atoms with Gasteiger partial charge in [-0.1, -0.05) is 12.1 Å². The number of benzene rings is 1. The van der Waals surface area contributed by atoms with Gasteiger partial charge >= 0.3 is 0 Å². The number of nitrogens with one attached hydrogen (secondary N) is 1. The number of ether oxygens (including phenoxy) is 2. The van der Waals surface area contributed by atoms with Crippen LogP contribution in [0, 0.1) is 0 Å². The van der Waals surface area contributed by atoms with Crippen LogP contribution < -0.4 is 14.2 Å². The quantitative estimate of drug-likeness (QED) is 0.797. The molecule has 1 N–H and O–H groups in total. The Balaban J connectivity index is 1.30. The average molecular weight is 423 g/mol. The lowest BCUT2D eigenvalue weighted by molar-refractivity contribution is -0.131. The molecule has 1 aromatic carbocycles. The summed E-state index contributed by atoms with van der Waals surface area (Å²) in [5, 5.41) is 1.74. The molecule has 0 saturated carbocycles. The third-order valence-electron chi connectivity index (χ3n) is 4.89. The second-order valence-electron chi connectivity index (χ2n) is 6.86. The van der Waals surface area contributed by atoms with Crippen molar-refractivity contribution in [3.05, 3.63) is 41.3 Å². The highest BCUT2D eigenvalue weighted by atomic mass is 32.2. The Labute approximate surface area is 168 Å². The van der Waals surface area contributed by atoms with Crippen molar-refractivity contribution in [3.63, 3.8) is 0 Å². The van der Waals surface area contributed by atoms with Gasteiger partial charge in [0.1, 0.15) is 17.4 Å². The van der Waals surface area contributed by atoms with E-state index in [-0.39, 0.29) is 11.9 Å². The molecule has 150 valence electrons. The molecule has 0 aliphatic carbocycles. The lowest BCUT2D eigenvalue weighted by Gasteiger charge is -2.32. The van der Waals surface area contributed by atoms with Gasteiger partial charge in [0.2, 0.25) is 15.9 Å². The van der Waals surface area contributed by atoms with Crippen molar-refractivity contribution in [2.75, 3.05) is 26.3 Å². The van der Waals surface area contributed by atoms with Crippen LogP contribution in [0.4, 0.5) is 0 Å². The summed E-state index contributed by atoms with van der Waals surface area (Å²) in [4.78, 5) is 14.4. The fraction of sp³-hybridized carbons (Fsp3) is 0.421. The molecule has 1 fully saturated rings. The molecule has 1 amide bonds. The number of likely N-dealkylation sites (tertiary alicyclic amines) is 1. The van der Waals surface area contributed by atoms with E-state index >= 15 is 0 Å². The van der Waals surface area contributed by atoms with E-state index in [1.54, 1.807) is 22.4 Å². The molecule has 2 aliphatic heterocycles. The maximum Gasteiger partial charge on any atom is 0.250 e. The molecule has 2 aliphatic rings. The highest BCUT2D eigenvalue weighted by Crippen LogP contribution is 2.31. The van der Waals surface area contributed by atoms with E-state index in [4.69, 9.17) is 9.47 Å². The first-order valence-electron chi connectivity index (χ1n) is 9.23. The SMILES string of the molecule is O=C(Cc1ccc2c(c1)OCCO2)N1CCC(NS(=O)(=O)c2cccs2)CC1. The van der Waals surface area contributed by atoms with Crippen molar-refractivity contribution in [2.45, 2.75) is 29.5 Å². The van der Waals surface area contributed by atoms with Gasteiger partial charge in [0.05, 0.1) is 6.42 Å². The largest absolute Gasteiger partial charge is 0.486 e. The second kappa shape index (κ2) is 8.10. The van der Waals surface area contributed by atoms with Crippen molar-refractivity contribution in [3.8, 4) is 11.5 Å². The van der Waals surface area contributed by atoms with Crippen molar-refractivity contribution in [1.29, 1.82) is 0 Å². The van der Waals surface area contributed by atoms with Crippen molar-refractivity contribution in [2.24, 2.45) is 0 Å². The lowest BCUT2D eigenvalue weighted by Crippen LogP contribution is -2.46. The molecule has 0 atom stereocenters. The van der Waals surface area contributed by atoms with Crippen molar-refractivity contribution < 1.29 is 22.7 Å². The highest BCUT2D eigenvalue weighted by Gasteiger charge is 2.27. The maximum atomic E-state index is 12.6. The molecular weight excluding hydrogens is 400 g/mol. The number of nitrogens with zero attached hydrogens (tertiary/aromatic N) is 1. The second-order valence-corrected chi connectivity index (χ2v) is 9.75. The molecule has 4 rings (SSSR count). The molecule has 9 heteroatoms. The number of carbonyl (C=O) groups is 1. The normalized spacial score (nSPS) is 17.5. The smallest absolute Gasteiger partial charge is 0.250 e. The zero-order valence-electron chi connectivity index (χ0n) is 15.3. The zero-order chi connectivity index (χ0) is 19.6. The highest BCUT2D eigenvalue weighted by molar-refractivity contribution is 7.91. The number of thiophene rings is 1. The van der Waals surface area contributed by atoms with Crippen LogP contribution in [-0.4, -0.2) is 51.6 Å². The van der Waals surface area contributed by atoms with E-state index in [1.165, 1.54) is 11.3 Å². The van der Waals surface area contributed by atoms with E-state index in [2.05, 4.69) is 4.72 Å². The Morgan fingerprint density at radius 3 is 2.61 bits per heavy atom. The standard InChI is InChI=1S/C19H22N2O5S2/c22-18(13-14-3-4-16-17(12-14)26-10-9-25-16)21-7-5-15(6-8-21)20-28(23,24)19-2-1-11-27-19/h1-4,11-12,15,20H,5-10,13H2. The third kappa shape index (κ3) is 4.31. The number of piperidine rings is 1. The van der Waals surface area contributed by atoms with Gasteiger partial charge in [-0.05, 0) is 42.0 Å². The number of amides is 1. The first-order chi connectivity index (χ1) is 13.5. The number of hydrogen-bond donors (Lipinski definition) is 1. The number of sulfonamides is 1. The van der Waals surface area contributed by atoms with Gasteiger partial charge in [-0.15, -0.1) is 11.3 Å². The molecule has 0 unspecified atom stereocenters. The van der Waals surface area contributed by atoms with Gasteiger partial charge < -0.3 is 14.4 Å². The zero-order valence-corrected chi connectivity index (χ0v) is 16.9. The van der Waals surface area contributed by atoms with Crippen molar-refractivity contribution in [1.82, 2.24) is 9.62 Å². The first kappa shape index (κ1) is 19.2. The predicted molar refractivity (Wildman–Crippen MR) is 105 cm³/mol. The summed E-state index contributed by atoms with van der Waals surface area (Å²) in [5.41, 5.74) is 0.884. The van der Waals surface area contributed by atoms with Gasteiger partial charge in [0.15, 0.2) is 11.5 Å². The molecule has 28 heavy (non-hydrogen) atoms. The lowest BCUT2D eigenvalue weighted by atomic mass is 10.0. The van der Waals surface area contributed by atoms with Gasteiger partial charge in [0, 0.05) is 19.1 Å². The topological polar surface area (TPSA) is 84.9 Å². The Bertz CT molecular complexity index is 935. The Kier molecular flexibility index (Phi) is 5.56. The van der Waals surface area contributed by atoms with Crippen LogP contribution in [0.15, 0.2) is 39.9 Å². The summed E-state index contributed by atoms with van der Waals surface area (Å²) in [6.07, 6.45) is 1.51. The number of hydrogen-bond acceptors (Lipinski definition) is 6. The summed E-state index contributed by atoms with van der Waals surface area (Å²) in [7, 11) is -3.47. The Hall–Kier alpha value is -2.10. The molecule has 1 aromatic heterocycles. The number of carbonyl (C=O) groups excluding carboxylic acids is 1. The fourth-order valence-corrected chi connectivity index (χ4v) is 5.74. The van der Waals surface area contributed by atoms with Crippen LogP contribution in [0.3, 0.4) is 0 Å². The predicted octanol–water partition coefficient (Wildman–Crippen LogP) is 2.03. The van der Waals surface area contributed by atoms with Gasteiger partial charge in [-0.25, -0.2) is 13.1 Å². The Morgan fingerprint density at radius 1 is 1.14 bits per heavy atom. The molecule has 0 radical (unpaired) electrons. The average Bonchev–Trinajstić information content (AvgIpc) is 3.24. The Morgan fingerprint density at radius 2 is 1.89 bits per heavy atom. The molecule has 3 heterocycles. The maximum absolute atomic E-state index is 12.6. The summed E-state index contributed by atoms with van der Waals surface area (Å²) in [6.45, 7) is 2.14. The van der Waals surface area contributed by atoms with Crippen LogP contribution in [0.2, 0.25) is 0 Å². The summed E-state index contributed by atoms with van der Waals surface area (Å²) >= 11 is 1.20. The fourth-order valence-electron chi connectivity index (χ4n) is 3.42. The molecular formula is C19H22N2O5S2. The van der Waals surface area contributed by atoms with Gasteiger partial charge in [0.25, 0.3) is 0 Å². The van der Waals surface area contributed by atoms with E-state index in [9.17, 15) is 13.2 Å². The first-order valence-corrected chi connectivity index (χ1v) is 11.6. The van der Waals surface area contributed by atoms with E-state index in [1.807, 2.05) is 18.2 Å². The van der Waals surface area contributed by atoms with E-state index in [0.29, 0.717) is 61.3 Å². The summed E-state index contributed by atoms with van der Waals surface area (Å²) in [6, 6.07) is 8.74. The van der Waals surface area contributed by atoms with Crippen molar-refractivity contribution >= 4 is 27.3 Å². The minimum absolute atomic E-state index is 0.0382. The van der Waals surface area contributed by atoms with Crippen LogP contribution in [0.1, 0.15) is 18.4 Å². The van der Waals surface area contributed by atoms with Gasteiger partial charge in [-0.3, -0.25) is 4.79 Å². The molecule has 1 saturated heterocycles. The number of rotatable bonds is 5. The minimum Gasteiger partial charge on any atom is -0.486 e. The van der Waals surface area contributed by atoms with Crippen LogP contribution in [0.25, 0.3) is 0 Å². The van der Waals surface area contributed by atoms with E-state index < -0.39 is 10.0 Å².